The number of ether oxygens (including phenoxy) is 1. The van der Waals surface area contributed by atoms with Gasteiger partial charge in [0.05, 0.1) is 46.2 Å². The van der Waals surface area contributed by atoms with Crippen LogP contribution in [-0.2, 0) is 11.8 Å². The predicted octanol–water partition coefficient (Wildman–Crippen LogP) is 4.16. The lowest BCUT2D eigenvalue weighted by Crippen LogP contribution is -2.15. The first-order chi connectivity index (χ1) is 13.5. The molecule has 1 aromatic carbocycles. The largest absolute Gasteiger partial charge is 0.496 e. The number of carbonyl (C=O) groups excluding carboxylic acids is 1. The van der Waals surface area contributed by atoms with Crippen molar-refractivity contribution in [3.05, 3.63) is 36.0 Å². The fourth-order valence-electron chi connectivity index (χ4n) is 3.47. The highest BCUT2D eigenvalue weighted by Gasteiger charge is 2.43. The number of anilines is 1. The number of nitrogens with zero attached hydrogens (tertiary/aromatic N) is 3. The quantitative estimate of drug-likeness (QED) is 0.563. The number of rotatable bonds is 4. The lowest BCUT2D eigenvalue weighted by Gasteiger charge is -2.10. The van der Waals surface area contributed by atoms with Crippen LogP contribution in [0.15, 0.2) is 36.0 Å². The van der Waals surface area contributed by atoms with Crippen LogP contribution in [0.25, 0.3) is 32.4 Å². The van der Waals surface area contributed by atoms with Crippen molar-refractivity contribution in [2.75, 3.05) is 12.4 Å². The summed E-state index contributed by atoms with van der Waals surface area (Å²) in [5.74, 6) is 0.319. The Kier molecular flexibility index (Phi) is 3.83. The lowest BCUT2D eigenvalue weighted by molar-refractivity contribution is -0.117. The Morgan fingerprint density at radius 3 is 2.89 bits per heavy atom. The topological polar surface area (TPSA) is 69.0 Å². The number of nitrogens with one attached hydrogen (secondary N) is 1. The fourth-order valence-corrected chi connectivity index (χ4v) is 4.17. The van der Waals surface area contributed by atoms with E-state index in [0.717, 1.165) is 38.1 Å². The highest BCUT2D eigenvalue weighted by atomic mass is 32.1. The van der Waals surface area contributed by atoms with Crippen molar-refractivity contribution in [3.63, 3.8) is 0 Å². The van der Waals surface area contributed by atoms with Crippen LogP contribution in [-0.4, -0.2) is 33.7 Å². The summed E-state index contributed by atoms with van der Waals surface area (Å²) >= 11 is 1.58. The summed E-state index contributed by atoms with van der Waals surface area (Å²) in [6.07, 6.45) is 0.983. The average molecular weight is 396 g/mol. The number of thiazole rings is 1. The maximum Gasteiger partial charge on any atom is 0.231 e. The van der Waals surface area contributed by atoms with E-state index in [1.807, 2.05) is 35.3 Å². The van der Waals surface area contributed by atoms with Crippen molar-refractivity contribution < 1.29 is 13.9 Å². The Labute approximate surface area is 164 Å². The SMILES string of the molecule is COc1cc2ncsc2cc1-c1cc2cc(NC(=O)C3CC3F)ncc2n1C. The van der Waals surface area contributed by atoms with Crippen LogP contribution in [0.2, 0.25) is 0 Å². The van der Waals surface area contributed by atoms with Gasteiger partial charge in [-0.1, -0.05) is 0 Å². The van der Waals surface area contributed by atoms with Gasteiger partial charge >= 0.3 is 0 Å². The van der Waals surface area contributed by atoms with Crippen LogP contribution in [0.4, 0.5) is 10.2 Å². The Bertz CT molecular complexity index is 1230. The Balaban J connectivity index is 1.57. The second kappa shape index (κ2) is 6.27. The Morgan fingerprint density at radius 2 is 2.14 bits per heavy atom. The number of methoxy groups -OCH3 is 1. The van der Waals surface area contributed by atoms with Gasteiger partial charge < -0.3 is 14.6 Å². The maximum atomic E-state index is 13.1. The Morgan fingerprint density at radius 1 is 1.32 bits per heavy atom. The van der Waals surface area contributed by atoms with Crippen LogP contribution in [0.1, 0.15) is 6.42 Å². The van der Waals surface area contributed by atoms with Crippen LogP contribution < -0.4 is 10.1 Å². The van der Waals surface area contributed by atoms with E-state index < -0.39 is 12.1 Å². The molecule has 0 spiro atoms. The number of halogens is 1. The molecule has 0 saturated heterocycles. The van der Waals surface area contributed by atoms with Gasteiger partial charge in [0.1, 0.15) is 17.7 Å². The van der Waals surface area contributed by atoms with Gasteiger partial charge in [-0.15, -0.1) is 11.3 Å². The fraction of sp³-hybridized carbons (Fsp3) is 0.250. The molecule has 0 bridgehead atoms. The van der Waals surface area contributed by atoms with Crippen LogP contribution >= 0.6 is 11.3 Å². The van der Waals surface area contributed by atoms with E-state index in [-0.39, 0.29) is 5.91 Å². The second-order valence-electron chi connectivity index (χ2n) is 6.94. The molecular formula is C20H17FN4O2S. The van der Waals surface area contributed by atoms with Gasteiger partial charge in [-0.2, -0.15) is 0 Å². The zero-order valence-electron chi connectivity index (χ0n) is 15.3. The van der Waals surface area contributed by atoms with E-state index in [1.165, 1.54) is 0 Å². The Hall–Kier alpha value is -3.00. The summed E-state index contributed by atoms with van der Waals surface area (Å²) in [5.41, 5.74) is 5.58. The monoisotopic (exact) mass is 396 g/mol. The first-order valence-electron chi connectivity index (χ1n) is 8.87. The van der Waals surface area contributed by atoms with E-state index in [1.54, 1.807) is 24.6 Å². The molecule has 2 unspecified atom stereocenters. The van der Waals surface area contributed by atoms with E-state index >= 15 is 0 Å². The minimum absolute atomic E-state index is 0.295. The van der Waals surface area contributed by atoms with Gasteiger partial charge in [-0.05, 0) is 24.6 Å². The normalized spacial score (nSPS) is 18.5. The predicted molar refractivity (Wildman–Crippen MR) is 108 cm³/mol. The summed E-state index contributed by atoms with van der Waals surface area (Å²) in [5, 5.41) is 3.64. The number of carbonyl (C=O) groups is 1. The number of pyridine rings is 1. The van der Waals surface area contributed by atoms with Crippen LogP contribution in [0, 0.1) is 5.92 Å². The molecule has 2 atom stereocenters. The standard InChI is InChI=1S/C20H17FN4O2S/c1-25-15(12-6-18-14(23-9-28-18)7-17(12)27-2)3-10-4-19(22-8-16(10)25)24-20(26)11-5-13(11)21/h3-4,6-9,11,13H,5H2,1-2H3,(H,22,24,26). The molecule has 3 heterocycles. The molecule has 5 rings (SSSR count). The average Bonchev–Trinajstić information content (AvgIpc) is 3.11. The zero-order chi connectivity index (χ0) is 19.4. The van der Waals surface area contributed by atoms with E-state index in [2.05, 4.69) is 21.4 Å². The molecule has 1 aliphatic rings. The molecule has 6 nitrogen and oxygen atoms in total. The van der Waals surface area contributed by atoms with Crippen LogP contribution in [0.5, 0.6) is 5.75 Å². The third-order valence-electron chi connectivity index (χ3n) is 5.16. The number of aromatic nitrogens is 3. The van der Waals surface area contributed by atoms with Crippen molar-refractivity contribution in [2.45, 2.75) is 12.6 Å². The minimum Gasteiger partial charge on any atom is -0.496 e. The summed E-state index contributed by atoms with van der Waals surface area (Å²) in [6, 6.07) is 7.85. The highest BCUT2D eigenvalue weighted by Crippen LogP contribution is 2.38. The lowest BCUT2D eigenvalue weighted by atomic mass is 10.1. The second-order valence-corrected chi connectivity index (χ2v) is 7.82. The third-order valence-corrected chi connectivity index (χ3v) is 5.95. The third kappa shape index (κ3) is 2.72. The molecule has 0 radical (unpaired) electrons. The summed E-state index contributed by atoms with van der Waals surface area (Å²) < 4.78 is 21.8. The van der Waals surface area contributed by atoms with Gasteiger partial charge in [0.25, 0.3) is 0 Å². The molecule has 8 heteroatoms. The van der Waals surface area contributed by atoms with Gasteiger partial charge in [0.15, 0.2) is 0 Å². The first kappa shape index (κ1) is 17.1. The number of fused-ring (bicyclic) bond motifs is 2. The van der Waals surface area contributed by atoms with Crippen molar-refractivity contribution in [2.24, 2.45) is 13.0 Å². The molecule has 1 saturated carbocycles. The number of aryl methyl sites for hydroxylation is 1. The molecule has 4 aromatic rings. The highest BCUT2D eigenvalue weighted by molar-refractivity contribution is 7.16. The summed E-state index contributed by atoms with van der Waals surface area (Å²) in [4.78, 5) is 20.6. The van der Waals surface area contributed by atoms with E-state index in [9.17, 15) is 9.18 Å². The van der Waals surface area contributed by atoms with Crippen molar-refractivity contribution in [1.29, 1.82) is 0 Å². The van der Waals surface area contributed by atoms with Crippen molar-refractivity contribution >= 4 is 44.2 Å². The van der Waals surface area contributed by atoms with E-state index in [0.29, 0.717) is 12.2 Å². The number of hydrogen-bond donors (Lipinski definition) is 1. The molecule has 28 heavy (non-hydrogen) atoms. The molecule has 0 aliphatic heterocycles. The van der Waals surface area contributed by atoms with E-state index in [4.69, 9.17) is 4.74 Å². The van der Waals surface area contributed by atoms with Gasteiger partial charge in [0, 0.05) is 24.1 Å². The van der Waals surface area contributed by atoms with Gasteiger partial charge in [-0.3, -0.25) is 4.79 Å². The number of amides is 1. The molecular weight excluding hydrogens is 379 g/mol. The number of hydrogen-bond acceptors (Lipinski definition) is 5. The molecule has 3 aromatic heterocycles. The number of alkyl halides is 1. The zero-order valence-corrected chi connectivity index (χ0v) is 16.1. The minimum atomic E-state index is -1.03. The van der Waals surface area contributed by atoms with Gasteiger partial charge in [-0.25, -0.2) is 14.4 Å². The molecule has 1 N–H and O–H groups in total. The summed E-state index contributed by atoms with van der Waals surface area (Å²) in [7, 11) is 3.61. The van der Waals surface area contributed by atoms with Gasteiger partial charge in [0.2, 0.25) is 5.91 Å². The van der Waals surface area contributed by atoms with Crippen molar-refractivity contribution in [3.8, 4) is 17.0 Å². The molecule has 1 aliphatic carbocycles. The number of benzene rings is 1. The van der Waals surface area contributed by atoms with Crippen molar-refractivity contribution in [1.82, 2.24) is 14.5 Å². The van der Waals surface area contributed by atoms with Crippen LogP contribution in [0.3, 0.4) is 0 Å². The summed E-state index contributed by atoms with van der Waals surface area (Å²) in [6.45, 7) is 0. The smallest absolute Gasteiger partial charge is 0.231 e. The molecule has 1 fully saturated rings. The molecule has 1 amide bonds. The first-order valence-corrected chi connectivity index (χ1v) is 9.75. The molecule has 142 valence electrons. The maximum absolute atomic E-state index is 13.1.